The smallest absolute Gasteiger partial charge is 0.130 e. The normalized spacial score (nSPS) is 21.4. The Bertz CT molecular complexity index is 416. The first-order valence-electron chi connectivity index (χ1n) is 8.07. The Balaban J connectivity index is 2.18. The number of likely N-dealkylation sites (tertiary alicyclic amines) is 1. The molecule has 20 heavy (non-hydrogen) atoms. The van der Waals surface area contributed by atoms with E-state index in [0.29, 0.717) is 12.1 Å². The van der Waals surface area contributed by atoms with Gasteiger partial charge in [0, 0.05) is 30.4 Å². The van der Waals surface area contributed by atoms with Gasteiger partial charge in [-0.1, -0.05) is 26.8 Å². The molecule has 1 aliphatic heterocycles. The van der Waals surface area contributed by atoms with Gasteiger partial charge in [0.15, 0.2) is 0 Å². The van der Waals surface area contributed by atoms with Gasteiger partial charge in [0.25, 0.3) is 0 Å². The molecule has 0 amide bonds. The van der Waals surface area contributed by atoms with Crippen LogP contribution in [0.1, 0.15) is 58.6 Å². The van der Waals surface area contributed by atoms with E-state index in [-0.39, 0.29) is 0 Å². The first-order valence-corrected chi connectivity index (χ1v) is 8.07. The van der Waals surface area contributed by atoms with Crippen molar-refractivity contribution in [3.8, 4) is 0 Å². The third-order valence-corrected chi connectivity index (χ3v) is 4.16. The average Bonchev–Trinajstić information content (AvgIpc) is 2.86. The van der Waals surface area contributed by atoms with Crippen molar-refractivity contribution in [1.82, 2.24) is 9.88 Å². The van der Waals surface area contributed by atoms with Crippen molar-refractivity contribution >= 4 is 5.82 Å². The molecule has 0 aromatic carbocycles. The molecule has 112 valence electrons. The van der Waals surface area contributed by atoms with Crippen molar-refractivity contribution in [2.24, 2.45) is 5.92 Å². The topological polar surface area (TPSA) is 28.2 Å². The number of rotatable bonds is 6. The van der Waals surface area contributed by atoms with E-state index in [1.165, 1.54) is 31.5 Å². The number of nitrogens with zero attached hydrogens (tertiary/aromatic N) is 2. The summed E-state index contributed by atoms with van der Waals surface area (Å²) in [7, 11) is 0. The monoisotopic (exact) mass is 275 g/mol. The van der Waals surface area contributed by atoms with Crippen molar-refractivity contribution < 1.29 is 0 Å². The Morgan fingerprint density at radius 1 is 1.40 bits per heavy atom. The van der Waals surface area contributed by atoms with E-state index in [0.717, 1.165) is 18.2 Å². The van der Waals surface area contributed by atoms with E-state index in [2.05, 4.69) is 55.0 Å². The van der Waals surface area contributed by atoms with Crippen molar-refractivity contribution in [3.05, 3.63) is 23.9 Å². The molecule has 1 saturated heterocycles. The molecule has 0 aliphatic carbocycles. The molecule has 1 aliphatic rings. The highest BCUT2D eigenvalue weighted by molar-refractivity contribution is 5.46. The third kappa shape index (κ3) is 3.72. The summed E-state index contributed by atoms with van der Waals surface area (Å²) in [6.07, 6.45) is 5.58. The second-order valence-electron chi connectivity index (χ2n) is 6.44. The van der Waals surface area contributed by atoms with Gasteiger partial charge in [0.1, 0.15) is 5.82 Å². The molecule has 0 spiro atoms. The molecule has 3 heteroatoms. The zero-order valence-corrected chi connectivity index (χ0v) is 13.4. The van der Waals surface area contributed by atoms with Gasteiger partial charge in [0.2, 0.25) is 0 Å². The number of hydrogen-bond acceptors (Lipinski definition) is 3. The minimum absolute atomic E-state index is 0.476. The van der Waals surface area contributed by atoms with E-state index in [4.69, 9.17) is 0 Å². The molecule has 1 fully saturated rings. The molecular weight excluding hydrogens is 246 g/mol. The largest absolute Gasteiger partial charge is 0.367 e. The summed E-state index contributed by atoms with van der Waals surface area (Å²) < 4.78 is 0. The van der Waals surface area contributed by atoms with Crippen molar-refractivity contribution in [1.29, 1.82) is 0 Å². The van der Waals surface area contributed by atoms with Crippen LogP contribution in [0, 0.1) is 5.92 Å². The van der Waals surface area contributed by atoms with Gasteiger partial charge in [-0.05, 0) is 44.7 Å². The van der Waals surface area contributed by atoms with Gasteiger partial charge in [-0.15, -0.1) is 0 Å². The molecule has 1 N–H and O–H groups in total. The molecule has 1 aromatic rings. The van der Waals surface area contributed by atoms with Crippen molar-refractivity contribution in [2.75, 3.05) is 18.4 Å². The fourth-order valence-corrected chi connectivity index (χ4v) is 3.01. The van der Waals surface area contributed by atoms with E-state index in [1.807, 2.05) is 6.20 Å². The zero-order valence-electron chi connectivity index (χ0n) is 13.4. The maximum absolute atomic E-state index is 4.59. The standard InChI is InChI=1S/C17H29N3/c1-5-14(4)19-17-15(8-6-10-18-17)16-9-7-11-20(16)12-13(2)3/h6,8,10,13-14,16H,5,7,9,11-12H2,1-4H3,(H,18,19)/t14-,16+/m1/s1. The summed E-state index contributed by atoms with van der Waals surface area (Å²) >= 11 is 0. The Morgan fingerprint density at radius 2 is 2.20 bits per heavy atom. The quantitative estimate of drug-likeness (QED) is 0.847. The summed E-state index contributed by atoms with van der Waals surface area (Å²) in [5.41, 5.74) is 1.38. The van der Waals surface area contributed by atoms with Crippen LogP contribution in [-0.4, -0.2) is 29.0 Å². The van der Waals surface area contributed by atoms with Gasteiger partial charge < -0.3 is 5.32 Å². The third-order valence-electron chi connectivity index (χ3n) is 4.16. The van der Waals surface area contributed by atoms with Crippen LogP contribution in [-0.2, 0) is 0 Å². The van der Waals surface area contributed by atoms with Crippen LogP contribution in [0.25, 0.3) is 0 Å². The molecule has 0 unspecified atom stereocenters. The van der Waals surface area contributed by atoms with Gasteiger partial charge in [-0.2, -0.15) is 0 Å². The fourth-order valence-electron chi connectivity index (χ4n) is 3.01. The van der Waals surface area contributed by atoms with Crippen molar-refractivity contribution in [2.45, 2.75) is 59.0 Å². The van der Waals surface area contributed by atoms with E-state index in [1.54, 1.807) is 0 Å². The van der Waals surface area contributed by atoms with Gasteiger partial charge in [0.05, 0.1) is 0 Å². The number of aromatic nitrogens is 1. The highest BCUT2D eigenvalue weighted by Gasteiger charge is 2.28. The fraction of sp³-hybridized carbons (Fsp3) is 0.706. The van der Waals surface area contributed by atoms with E-state index < -0.39 is 0 Å². The maximum Gasteiger partial charge on any atom is 0.130 e. The highest BCUT2D eigenvalue weighted by Crippen LogP contribution is 2.35. The summed E-state index contributed by atoms with van der Waals surface area (Å²) in [4.78, 5) is 7.22. The second kappa shape index (κ2) is 7.07. The van der Waals surface area contributed by atoms with Crippen LogP contribution in [0.15, 0.2) is 18.3 Å². The van der Waals surface area contributed by atoms with Crippen LogP contribution in [0.3, 0.4) is 0 Å². The first kappa shape index (κ1) is 15.3. The van der Waals surface area contributed by atoms with Crippen LogP contribution in [0.2, 0.25) is 0 Å². The van der Waals surface area contributed by atoms with Gasteiger partial charge in [-0.25, -0.2) is 4.98 Å². The lowest BCUT2D eigenvalue weighted by atomic mass is 10.0. The summed E-state index contributed by atoms with van der Waals surface area (Å²) in [5.74, 6) is 1.81. The minimum Gasteiger partial charge on any atom is -0.367 e. The van der Waals surface area contributed by atoms with Crippen LogP contribution < -0.4 is 5.32 Å². The molecule has 0 saturated carbocycles. The number of hydrogen-bond donors (Lipinski definition) is 1. The predicted molar refractivity (Wildman–Crippen MR) is 86.0 cm³/mol. The number of anilines is 1. The van der Waals surface area contributed by atoms with Crippen LogP contribution in [0.5, 0.6) is 0 Å². The van der Waals surface area contributed by atoms with Crippen molar-refractivity contribution in [3.63, 3.8) is 0 Å². The molecule has 1 aromatic heterocycles. The first-order chi connectivity index (χ1) is 9.61. The van der Waals surface area contributed by atoms with Gasteiger partial charge in [-0.3, -0.25) is 4.90 Å². The van der Waals surface area contributed by atoms with Gasteiger partial charge >= 0.3 is 0 Å². The van der Waals surface area contributed by atoms with E-state index >= 15 is 0 Å². The number of nitrogens with one attached hydrogen (secondary N) is 1. The Kier molecular flexibility index (Phi) is 5.41. The summed E-state index contributed by atoms with van der Waals surface area (Å²) in [6.45, 7) is 11.4. The summed E-state index contributed by atoms with van der Waals surface area (Å²) in [5, 5.41) is 3.57. The zero-order chi connectivity index (χ0) is 14.5. The minimum atomic E-state index is 0.476. The molecule has 2 heterocycles. The predicted octanol–water partition coefficient (Wildman–Crippen LogP) is 4.08. The summed E-state index contributed by atoms with van der Waals surface area (Å²) in [6, 6.07) is 5.34. The van der Waals surface area contributed by atoms with E-state index in [9.17, 15) is 0 Å². The van der Waals surface area contributed by atoms with Crippen LogP contribution >= 0.6 is 0 Å². The molecule has 0 bridgehead atoms. The molecule has 2 rings (SSSR count). The highest BCUT2D eigenvalue weighted by atomic mass is 15.2. The van der Waals surface area contributed by atoms with Crippen LogP contribution in [0.4, 0.5) is 5.82 Å². The molecular formula is C17H29N3. The Morgan fingerprint density at radius 3 is 2.90 bits per heavy atom. The Hall–Kier alpha value is -1.09. The maximum atomic E-state index is 4.59. The SMILES string of the molecule is CC[C@@H](C)Nc1ncccc1[C@@H]1CCCN1CC(C)C. The lowest BCUT2D eigenvalue weighted by Crippen LogP contribution is -2.28. The molecule has 2 atom stereocenters. The lowest BCUT2D eigenvalue weighted by molar-refractivity contribution is 0.229. The Labute approximate surface area is 123 Å². The molecule has 3 nitrogen and oxygen atoms in total. The molecule has 0 radical (unpaired) electrons. The second-order valence-corrected chi connectivity index (χ2v) is 6.44. The number of pyridine rings is 1. The lowest BCUT2D eigenvalue weighted by Gasteiger charge is -2.28. The average molecular weight is 275 g/mol.